The summed E-state index contributed by atoms with van der Waals surface area (Å²) in [5.41, 5.74) is 3.97. The summed E-state index contributed by atoms with van der Waals surface area (Å²) in [6.07, 6.45) is 5.86. The highest BCUT2D eigenvalue weighted by Gasteiger charge is 2.35. The maximum absolute atomic E-state index is 9.67. The predicted molar refractivity (Wildman–Crippen MR) is 137 cm³/mol. The summed E-state index contributed by atoms with van der Waals surface area (Å²) < 4.78 is 25.0. The molecule has 0 amide bonds. The second kappa shape index (κ2) is 10.2. The van der Waals surface area contributed by atoms with Gasteiger partial charge in [0.25, 0.3) is 0 Å². The summed E-state index contributed by atoms with van der Waals surface area (Å²) >= 11 is 8.12. The first-order valence-corrected chi connectivity index (χ1v) is 13.5. The number of anilines is 1. The Labute approximate surface area is 213 Å². The van der Waals surface area contributed by atoms with Crippen LogP contribution in [0.15, 0.2) is 30.5 Å². The van der Waals surface area contributed by atoms with Crippen molar-refractivity contribution in [1.29, 1.82) is 0 Å². The molecular weight excluding hydrogens is 488 g/mol. The molecule has 3 aliphatic heterocycles. The van der Waals surface area contributed by atoms with E-state index in [-0.39, 0.29) is 25.0 Å². The van der Waals surface area contributed by atoms with Gasteiger partial charge in [-0.1, -0.05) is 11.6 Å². The number of pyridine rings is 1. The summed E-state index contributed by atoms with van der Waals surface area (Å²) in [6, 6.07) is 8.08. The van der Waals surface area contributed by atoms with Gasteiger partial charge in [-0.3, -0.25) is 4.98 Å². The summed E-state index contributed by atoms with van der Waals surface area (Å²) in [5, 5.41) is 10.3. The van der Waals surface area contributed by atoms with Crippen LogP contribution < -0.4 is 9.64 Å². The van der Waals surface area contributed by atoms with Gasteiger partial charge in [0.05, 0.1) is 54.4 Å². The van der Waals surface area contributed by atoms with Gasteiger partial charge < -0.3 is 29.0 Å². The standard InChI is InChI=1S/C26H29ClN2O5S/c27-16-9-21(20-4-5-28-22-12-19(13-30)35-26(20)22)25-23(10-16)31-8-6-29(25)17-11-18(33-14-17)15-34-24-3-1-2-7-32-24/h4-5,9-10,12,17-18,24,30H,1-3,6-8,11,13-15H2. The minimum absolute atomic E-state index is 0.00186. The van der Waals surface area contributed by atoms with E-state index in [9.17, 15) is 5.11 Å². The number of nitrogens with zero attached hydrogens (tertiary/aromatic N) is 2. The molecule has 1 N–H and O–H groups in total. The van der Waals surface area contributed by atoms with Crippen LogP contribution in [0.3, 0.4) is 0 Å². The molecule has 3 aliphatic rings. The van der Waals surface area contributed by atoms with E-state index in [1.807, 2.05) is 30.5 Å². The zero-order valence-corrected chi connectivity index (χ0v) is 21.0. The van der Waals surface area contributed by atoms with Crippen molar-refractivity contribution >= 4 is 38.8 Å². The molecule has 0 saturated carbocycles. The first-order chi connectivity index (χ1) is 17.2. The maximum Gasteiger partial charge on any atom is 0.157 e. The average molecular weight is 517 g/mol. The highest BCUT2D eigenvalue weighted by molar-refractivity contribution is 7.19. The molecule has 1 aromatic carbocycles. The number of hydrogen-bond acceptors (Lipinski definition) is 8. The Balaban J connectivity index is 1.29. The molecule has 3 atom stereocenters. The third-order valence-electron chi connectivity index (χ3n) is 6.93. The van der Waals surface area contributed by atoms with Crippen LogP contribution in [0, 0.1) is 0 Å². The van der Waals surface area contributed by atoms with E-state index >= 15 is 0 Å². The molecule has 3 aromatic rings. The summed E-state index contributed by atoms with van der Waals surface area (Å²) in [4.78, 5) is 7.81. The van der Waals surface area contributed by atoms with E-state index < -0.39 is 0 Å². The van der Waals surface area contributed by atoms with E-state index in [1.54, 1.807) is 11.3 Å². The Morgan fingerprint density at radius 3 is 2.97 bits per heavy atom. The van der Waals surface area contributed by atoms with Crippen LogP contribution in [0.25, 0.3) is 21.3 Å². The van der Waals surface area contributed by atoms with Gasteiger partial charge in [0.1, 0.15) is 12.4 Å². The topological polar surface area (TPSA) is 73.3 Å². The number of aromatic nitrogens is 1. The number of thiophene rings is 1. The first-order valence-electron chi connectivity index (χ1n) is 12.3. The Morgan fingerprint density at radius 2 is 2.11 bits per heavy atom. The molecule has 3 unspecified atom stereocenters. The number of benzene rings is 1. The van der Waals surface area contributed by atoms with Gasteiger partial charge in [-0.25, -0.2) is 0 Å². The summed E-state index contributed by atoms with van der Waals surface area (Å²) in [7, 11) is 0. The number of hydrogen-bond donors (Lipinski definition) is 1. The quantitative estimate of drug-likeness (QED) is 0.493. The number of aliphatic hydroxyl groups is 1. The van der Waals surface area contributed by atoms with Crippen molar-refractivity contribution < 1.29 is 24.1 Å². The van der Waals surface area contributed by atoms with Crippen LogP contribution in [0.4, 0.5) is 5.69 Å². The van der Waals surface area contributed by atoms with Gasteiger partial charge in [0.15, 0.2) is 6.29 Å². The molecule has 0 spiro atoms. The smallest absolute Gasteiger partial charge is 0.157 e. The first kappa shape index (κ1) is 23.5. The predicted octanol–water partition coefficient (Wildman–Crippen LogP) is 5.01. The fourth-order valence-electron chi connectivity index (χ4n) is 5.27. The molecule has 2 aromatic heterocycles. The number of ether oxygens (including phenoxy) is 4. The van der Waals surface area contributed by atoms with Crippen molar-refractivity contribution in [2.75, 3.05) is 37.9 Å². The second-order valence-electron chi connectivity index (χ2n) is 9.26. The lowest BCUT2D eigenvalue weighted by molar-refractivity contribution is -0.175. The van der Waals surface area contributed by atoms with E-state index in [2.05, 4.69) is 9.88 Å². The van der Waals surface area contributed by atoms with Crippen LogP contribution in [-0.4, -0.2) is 61.5 Å². The molecule has 35 heavy (non-hydrogen) atoms. The highest BCUT2D eigenvalue weighted by Crippen LogP contribution is 2.47. The number of rotatable bonds is 6. The van der Waals surface area contributed by atoms with Crippen LogP contribution in [0.2, 0.25) is 5.02 Å². The fraction of sp³-hybridized carbons (Fsp3) is 0.500. The van der Waals surface area contributed by atoms with Crippen LogP contribution in [0.1, 0.15) is 30.6 Å². The molecule has 0 radical (unpaired) electrons. The number of fused-ring (bicyclic) bond motifs is 2. The molecule has 6 rings (SSSR count). The lowest BCUT2D eigenvalue weighted by atomic mass is 9.99. The summed E-state index contributed by atoms with van der Waals surface area (Å²) in [5.74, 6) is 0.790. The molecule has 7 nitrogen and oxygen atoms in total. The van der Waals surface area contributed by atoms with E-state index in [1.165, 1.54) is 0 Å². The monoisotopic (exact) mass is 516 g/mol. The van der Waals surface area contributed by atoms with Crippen molar-refractivity contribution in [2.45, 2.75) is 50.7 Å². The van der Waals surface area contributed by atoms with Crippen LogP contribution in [0.5, 0.6) is 5.75 Å². The minimum Gasteiger partial charge on any atom is -0.489 e. The van der Waals surface area contributed by atoms with Crippen molar-refractivity contribution in [3.63, 3.8) is 0 Å². The zero-order valence-electron chi connectivity index (χ0n) is 19.5. The lowest BCUT2D eigenvalue weighted by Gasteiger charge is -2.37. The van der Waals surface area contributed by atoms with Crippen molar-refractivity contribution in [2.24, 2.45) is 0 Å². The molecule has 2 saturated heterocycles. The Bertz CT molecular complexity index is 1200. The normalized spacial score (nSPS) is 24.5. The average Bonchev–Trinajstić information content (AvgIpc) is 3.54. The second-order valence-corrected chi connectivity index (χ2v) is 10.8. The van der Waals surface area contributed by atoms with Crippen LogP contribution in [-0.2, 0) is 20.8 Å². The Kier molecular flexibility index (Phi) is 6.84. The number of halogens is 1. The highest BCUT2D eigenvalue weighted by atomic mass is 35.5. The van der Waals surface area contributed by atoms with Gasteiger partial charge in [0.2, 0.25) is 0 Å². The number of aliphatic hydroxyl groups excluding tert-OH is 1. The van der Waals surface area contributed by atoms with Crippen molar-refractivity contribution in [3.8, 4) is 16.9 Å². The van der Waals surface area contributed by atoms with Gasteiger partial charge in [-0.05, 0) is 43.9 Å². The van der Waals surface area contributed by atoms with Crippen molar-refractivity contribution in [3.05, 3.63) is 40.4 Å². The largest absolute Gasteiger partial charge is 0.489 e. The van der Waals surface area contributed by atoms with E-state index in [4.69, 9.17) is 30.5 Å². The van der Waals surface area contributed by atoms with Gasteiger partial charge in [-0.15, -0.1) is 11.3 Å². The van der Waals surface area contributed by atoms with Gasteiger partial charge in [-0.2, -0.15) is 0 Å². The van der Waals surface area contributed by atoms with E-state index in [0.29, 0.717) is 24.8 Å². The molecular formula is C26H29ClN2O5S. The maximum atomic E-state index is 9.67. The van der Waals surface area contributed by atoms with E-state index in [0.717, 1.165) is 76.5 Å². The molecule has 2 fully saturated rings. The fourth-order valence-corrected chi connectivity index (χ4v) is 6.48. The molecule has 0 aliphatic carbocycles. The third-order valence-corrected chi connectivity index (χ3v) is 8.29. The SMILES string of the molecule is OCc1cc2nccc(-c3cc(Cl)cc4c3N(C3COC(COC5CCCCO5)C3)CCO4)c2s1. The Hall–Kier alpha value is -1.94. The van der Waals surface area contributed by atoms with Gasteiger partial charge >= 0.3 is 0 Å². The lowest BCUT2D eigenvalue weighted by Crippen LogP contribution is -2.42. The van der Waals surface area contributed by atoms with Crippen LogP contribution >= 0.6 is 22.9 Å². The van der Waals surface area contributed by atoms with Crippen molar-refractivity contribution in [1.82, 2.24) is 4.98 Å². The molecule has 0 bridgehead atoms. The molecule has 186 valence electrons. The Morgan fingerprint density at radius 1 is 1.17 bits per heavy atom. The van der Waals surface area contributed by atoms with Gasteiger partial charge in [0, 0.05) is 39.9 Å². The minimum atomic E-state index is -0.104. The molecule has 5 heterocycles. The third kappa shape index (κ3) is 4.75. The molecule has 9 heteroatoms. The summed E-state index contributed by atoms with van der Waals surface area (Å²) in [6.45, 7) is 3.34. The zero-order chi connectivity index (χ0) is 23.8.